The molecule has 0 radical (unpaired) electrons. The molecule has 0 aliphatic carbocycles. The summed E-state index contributed by atoms with van der Waals surface area (Å²) >= 11 is 0. The van der Waals surface area contributed by atoms with Gasteiger partial charge in [-0.3, -0.25) is 4.79 Å². The Morgan fingerprint density at radius 2 is 1.84 bits per heavy atom. The van der Waals surface area contributed by atoms with Crippen LogP contribution in [0.15, 0.2) is 24.3 Å². The number of likely N-dealkylation sites (tertiary alicyclic amines) is 1. The summed E-state index contributed by atoms with van der Waals surface area (Å²) in [7, 11) is 0. The van der Waals surface area contributed by atoms with E-state index in [1.54, 1.807) is 6.92 Å². The second-order valence-electron chi connectivity index (χ2n) is 6.77. The molecule has 0 atom stereocenters. The lowest BCUT2D eigenvalue weighted by atomic mass is 9.92. The van der Waals surface area contributed by atoms with Crippen molar-refractivity contribution in [2.45, 2.75) is 40.0 Å². The Morgan fingerprint density at radius 3 is 2.48 bits per heavy atom. The molecule has 1 N–H and O–H groups in total. The molecule has 1 saturated heterocycles. The first-order valence-corrected chi connectivity index (χ1v) is 8.80. The van der Waals surface area contributed by atoms with Crippen molar-refractivity contribution in [2.75, 3.05) is 18.4 Å². The Bertz CT molecular complexity index is 733. The number of hydrogen-bond donors (Lipinski definition) is 1. The first-order valence-electron chi connectivity index (χ1n) is 8.80. The van der Waals surface area contributed by atoms with E-state index in [9.17, 15) is 4.79 Å². The van der Waals surface area contributed by atoms with E-state index in [1.165, 1.54) is 0 Å². The van der Waals surface area contributed by atoms with Crippen LogP contribution in [0.1, 0.15) is 36.8 Å². The van der Waals surface area contributed by atoms with Gasteiger partial charge in [0.25, 0.3) is 0 Å². The first-order chi connectivity index (χ1) is 12.0. The molecular weight excluding hydrogens is 314 g/mol. The van der Waals surface area contributed by atoms with E-state index >= 15 is 0 Å². The lowest BCUT2D eigenvalue weighted by Crippen LogP contribution is -2.37. The highest BCUT2D eigenvalue weighted by Gasteiger charge is 2.21. The fourth-order valence-corrected chi connectivity index (χ4v) is 3.31. The minimum atomic E-state index is 0.177. The van der Waals surface area contributed by atoms with Gasteiger partial charge in [-0.05, 0) is 57.2 Å². The normalized spacial score (nSPS) is 15.2. The summed E-state index contributed by atoms with van der Waals surface area (Å²) in [5, 5.41) is 3.20. The lowest BCUT2D eigenvalue weighted by molar-refractivity contribution is -0.130. The van der Waals surface area contributed by atoms with Crippen LogP contribution in [-0.2, 0) is 11.2 Å². The summed E-state index contributed by atoms with van der Waals surface area (Å²) in [4.78, 5) is 26.9. The van der Waals surface area contributed by atoms with Gasteiger partial charge in [0, 0.05) is 37.1 Å². The Morgan fingerprint density at radius 1 is 1.16 bits per heavy atom. The number of pyridine rings is 1. The van der Waals surface area contributed by atoms with E-state index < -0.39 is 0 Å². The van der Waals surface area contributed by atoms with E-state index in [-0.39, 0.29) is 5.91 Å². The molecule has 1 aliphatic heterocycles. The van der Waals surface area contributed by atoms with Gasteiger partial charge in [-0.1, -0.05) is 6.07 Å². The average Bonchev–Trinajstić information content (AvgIpc) is 2.54. The third-order valence-corrected chi connectivity index (χ3v) is 4.59. The molecule has 3 heterocycles. The lowest BCUT2D eigenvalue weighted by Gasteiger charge is -2.31. The fourth-order valence-electron chi connectivity index (χ4n) is 3.31. The number of carbonyl (C=O) groups is 1. The number of amides is 1. The highest BCUT2D eigenvalue weighted by molar-refractivity contribution is 5.73. The minimum Gasteiger partial charge on any atom is -0.343 e. The molecule has 0 aromatic carbocycles. The fraction of sp³-hybridized carbons (Fsp3) is 0.474. The van der Waals surface area contributed by atoms with Gasteiger partial charge in [0.15, 0.2) is 0 Å². The largest absolute Gasteiger partial charge is 0.343 e. The van der Waals surface area contributed by atoms with Gasteiger partial charge in [-0.2, -0.15) is 0 Å². The zero-order valence-electron chi connectivity index (χ0n) is 15.1. The van der Waals surface area contributed by atoms with Gasteiger partial charge < -0.3 is 10.2 Å². The van der Waals surface area contributed by atoms with E-state index in [0.717, 1.165) is 55.3 Å². The van der Waals surface area contributed by atoms with Gasteiger partial charge in [0.2, 0.25) is 11.9 Å². The average molecular weight is 339 g/mol. The van der Waals surface area contributed by atoms with E-state index in [1.807, 2.05) is 36.9 Å². The monoisotopic (exact) mass is 339 g/mol. The SMILES string of the molecule is CC(=O)N1CCC(Cc2cccc(Nc3nc(C)cc(C)n3)n2)CC1. The van der Waals surface area contributed by atoms with Crippen LogP contribution in [0, 0.1) is 19.8 Å². The maximum Gasteiger partial charge on any atom is 0.228 e. The zero-order valence-corrected chi connectivity index (χ0v) is 15.1. The van der Waals surface area contributed by atoms with Crippen LogP contribution >= 0.6 is 0 Å². The first kappa shape index (κ1) is 17.3. The van der Waals surface area contributed by atoms with Crippen LogP contribution in [0.25, 0.3) is 0 Å². The second-order valence-corrected chi connectivity index (χ2v) is 6.77. The van der Waals surface area contributed by atoms with Crippen molar-refractivity contribution in [2.24, 2.45) is 5.92 Å². The number of nitrogens with zero attached hydrogens (tertiary/aromatic N) is 4. The second kappa shape index (κ2) is 7.59. The topological polar surface area (TPSA) is 71.0 Å². The molecule has 1 aliphatic rings. The molecule has 25 heavy (non-hydrogen) atoms. The molecule has 2 aromatic rings. The summed E-state index contributed by atoms with van der Waals surface area (Å²) in [6.07, 6.45) is 3.02. The molecule has 6 nitrogen and oxygen atoms in total. The van der Waals surface area contributed by atoms with E-state index in [4.69, 9.17) is 4.98 Å². The summed E-state index contributed by atoms with van der Waals surface area (Å²) in [6.45, 7) is 7.27. The summed E-state index contributed by atoms with van der Waals surface area (Å²) in [6, 6.07) is 7.95. The van der Waals surface area contributed by atoms with Crippen LogP contribution in [0.2, 0.25) is 0 Å². The number of piperidine rings is 1. The number of anilines is 2. The van der Waals surface area contributed by atoms with Gasteiger partial charge in [0.05, 0.1) is 0 Å². The highest BCUT2D eigenvalue weighted by Crippen LogP contribution is 2.22. The molecule has 132 valence electrons. The molecule has 0 bridgehead atoms. The summed E-state index contributed by atoms with van der Waals surface area (Å²) in [5.74, 6) is 2.10. The van der Waals surface area contributed by atoms with Gasteiger partial charge >= 0.3 is 0 Å². The van der Waals surface area contributed by atoms with Crippen molar-refractivity contribution < 1.29 is 4.79 Å². The van der Waals surface area contributed by atoms with Crippen LogP contribution in [-0.4, -0.2) is 38.8 Å². The highest BCUT2D eigenvalue weighted by atomic mass is 16.2. The van der Waals surface area contributed by atoms with Crippen molar-refractivity contribution in [3.63, 3.8) is 0 Å². The Hall–Kier alpha value is -2.50. The Kier molecular flexibility index (Phi) is 5.26. The third-order valence-electron chi connectivity index (χ3n) is 4.59. The molecule has 3 rings (SSSR count). The smallest absolute Gasteiger partial charge is 0.228 e. The van der Waals surface area contributed by atoms with Gasteiger partial charge in [-0.25, -0.2) is 15.0 Å². The number of nitrogens with one attached hydrogen (secondary N) is 1. The van der Waals surface area contributed by atoms with E-state index in [0.29, 0.717) is 11.9 Å². The Labute approximate surface area is 148 Å². The van der Waals surface area contributed by atoms with E-state index in [2.05, 4.69) is 21.4 Å². The molecule has 1 amide bonds. The van der Waals surface area contributed by atoms with Crippen LogP contribution < -0.4 is 5.32 Å². The summed E-state index contributed by atoms with van der Waals surface area (Å²) in [5.41, 5.74) is 2.93. The van der Waals surface area contributed by atoms with Crippen molar-refractivity contribution in [1.29, 1.82) is 0 Å². The number of aromatic nitrogens is 3. The number of carbonyl (C=O) groups excluding carboxylic acids is 1. The number of hydrogen-bond acceptors (Lipinski definition) is 5. The predicted octanol–water partition coefficient (Wildman–Crippen LogP) is 3.03. The molecule has 0 saturated carbocycles. The maximum atomic E-state index is 11.4. The number of rotatable bonds is 4. The van der Waals surface area contributed by atoms with Crippen LogP contribution in [0.5, 0.6) is 0 Å². The van der Waals surface area contributed by atoms with Crippen molar-refractivity contribution in [1.82, 2.24) is 19.9 Å². The van der Waals surface area contributed by atoms with Crippen LogP contribution in [0.4, 0.5) is 11.8 Å². The third kappa shape index (κ3) is 4.75. The molecule has 0 unspecified atom stereocenters. The van der Waals surface area contributed by atoms with Gasteiger partial charge in [-0.15, -0.1) is 0 Å². The maximum absolute atomic E-state index is 11.4. The van der Waals surface area contributed by atoms with Crippen molar-refractivity contribution >= 4 is 17.7 Å². The van der Waals surface area contributed by atoms with Crippen molar-refractivity contribution in [3.8, 4) is 0 Å². The quantitative estimate of drug-likeness (QED) is 0.927. The molecule has 2 aromatic heterocycles. The van der Waals surface area contributed by atoms with Crippen LogP contribution in [0.3, 0.4) is 0 Å². The Balaban J connectivity index is 1.63. The van der Waals surface area contributed by atoms with Crippen molar-refractivity contribution in [3.05, 3.63) is 41.3 Å². The standard InChI is InChI=1S/C19H25N5O/c1-13-11-14(2)21-19(20-13)23-18-6-4-5-17(22-18)12-16-7-9-24(10-8-16)15(3)25/h4-6,11,16H,7-10,12H2,1-3H3,(H,20,21,22,23). The number of aryl methyl sites for hydroxylation is 2. The molecular formula is C19H25N5O. The predicted molar refractivity (Wildman–Crippen MR) is 97.7 cm³/mol. The molecule has 0 spiro atoms. The summed E-state index contributed by atoms with van der Waals surface area (Å²) < 4.78 is 0. The molecule has 6 heteroatoms. The minimum absolute atomic E-state index is 0.177. The zero-order chi connectivity index (χ0) is 17.8. The van der Waals surface area contributed by atoms with Gasteiger partial charge in [0.1, 0.15) is 5.82 Å². The molecule has 1 fully saturated rings.